The van der Waals surface area contributed by atoms with Crippen LogP contribution in [0.25, 0.3) is 0 Å². The molecule has 0 bridgehead atoms. The van der Waals surface area contributed by atoms with E-state index in [1.807, 2.05) is 24.3 Å². The summed E-state index contributed by atoms with van der Waals surface area (Å²) in [6, 6.07) is 0. The summed E-state index contributed by atoms with van der Waals surface area (Å²) >= 11 is 0. The first kappa shape index (κ1) is 50.4. The highest BCUT2D eigenvalue weighted by atomic mass is 31.2. The summed E-state index contributed by atoms with van der Waals surface area (Å²) in [5.41, 5.74) is 5.34. The first-order valence-electron chi connectivity index (χ1n) is 20.8. The van der Waals surface area contributed by atoms with Crippen LogP contribution in [0.5, 0.6) is 0 Å². The van der Waals surface area contributed by atoms with E-state index in [2.05, 4.69) is 38.2 Å². The fourth-order valence-electron chi connectivity index (χ4n) is 5.89. The number of phosphoric acid groups is 1. The van der Waals surface area contributed by atoms with E-state index in [0.29, 0.717) is 32.1 Å². The molecule has 1 aliphatic carbocycles. The minimum atomic E-state index is -4.43. The zero-order valence-electron chi connectivity index (χ0n) is 33.7. The maximum absolute atomic E-state index is 12.6. The Balaban J connectivity index is 2.40. The maximum Gasteiger partial charge on any atom is 0.472 e. The Kier molecular flexibility index (Phi) is 30.7. The first-order valence-corrected chi connectivity index (χ1v) is 22.3. The van der Waals surface area contributed by atoms with Crippen molar-refractivity contribution in [3.63, 3.8) is 0 Å². The van der Waals surface area contributed by atoms with Gasteiger partial charge in [-0.25, -0.2) is 4.57 Å². The van der Waals surface area contributed by atoms with Gasteiger partial charge in [-0.15, -0.1) is 0 Å². The van der Waals surface area contributed by atoms with Gasteiger partial charge in [0.2, 0.25) is 0 Å². The lowest BCUT2D eigenvalue weighted by atomic mass is 9.90. The molecule has 0 amide bonds. The molecule has 11 nitrogen and oxygen atoms in total. The number of aliphatic hydroxyl groups is 1. The van der Waals surface area contributed by atoms with Gasteiger partial charge >= 0.3 is 19.8 Å². The lowest BCUT2D eigenvalue weighted by Gasteiger charge is -2.19. The second kappa shape index (κ2) is 33.5. The molecule has 0 heterocycles. The van der Waals surface area contributed by atoms with Crippen LogP contribution in [0.15, 0.2) is 60.8 Å². The predicted molar refractivity (Wildman–Crippen MR) is 219 cm³/mol. The van der Waals surface area contributed by atoms with Gasteiger partial charge in [0, 0.05) is 25.3 Å². The molecule has 1 rings (SSSR count). The number of nitrogens with two attached hydrogens (primary N) is 1. The number of hydrogen-bond acceptors (Lipinski definition) is 10. The minimum Gasteiger partial charge on any atom is -0.462 e. The largest absolute Gasteiger partial charge is 0.472 e. The van der Waals surface area contributed by atoms with E-state index in [4.69, 9.17) is 24.3 Å². The Labute approximate surface area is 331 Å². The molecule has 5 atom stereocenters. The fourth-order valence-corrected chi connectivity index (χ4v) is 6.65. The van der Waals surface area contributed by atoms with Crippen molar-refractivity contribution in [1.29, 1.82) is 0 Å². The number of allylic oxidation sites excluding steroid dienone is 9. The average Bonchev–Trinajstić information content (AvgIpc) is 3.52. The van der Waals surface area contributed by atoms with E-state index >= 15 is 0 Å². The molecule has 0 spiro atoms. The molecule has 0 fully saturated rings. The second-order valence-electron chi connectivity index (χ2n) is 14.2. The fraction of sp³-hybridized carbons (Fsp3) is 0.698. The van der Waals surface area contributed by atoms with E-state index in [9.17, 15) is 28.9 Å². The molecule has 0 aromatic rings. The number of ketones is 1. The van der Waals surface area contributed by atoms with Crippen molar-refractivity contribution in [1.82, 2.24) is 0 Å². The topological polar surface area (TPSA) is 172 Å². The Bertz CT molecular complexity index is 1230. The molecule has 0 aromatic heterocycles. The number of ether oxygens (including phenoxy) is 2. The van der Waals surface area contributed by atoms with Gasteiger partial charge in [-0.05, 0) is 76.2 Å². The van der Waals surface area contributed by atoms with Gasteiger partial charge < -0.3 is 25.2 Å². The van der Waals surface area contributed by atoms with E-state index in [0.717, 1.165) is 64.2 Å². The molecule has 0 aromatic carbocycles. The van der Waals surface area contributed by atoms with Gasteiger partial charge in [-0.2, -0.15) is 0 Å². The summed E-state index contributed by atoms with van der Waals surface area (Å²) in [4.78, 5) is 47.3. The highest BCUT2D eigenvalue weighted by Gasteiger charge is 2.27. The van der Waals surface area contributed by atoms with Crippen molar-refractivity contribution < 1.29 is 47.5 Å². The summed E-state index contributed by atoms with van der Waals surface area (Å²) < 4.78 is 32.7. The van der Waals surface area contributed by atoms with Crippen molar-refractivity contribution in [2.45, 2.75) is 154 Å². The quantitative estimate of drug-likeness (QED) is 0.0242. The SMILES string of the molecule is CCCCC/C=C\C/C=C\CCCCCCCC(=O)O[C@H](COC(=O)CCC/C=C\C[C@H]1C=CC(=O)[C@@H]1/C=C/[C@@H](O)CCCCC)COP(=O)(O)OCCN. The van der Waals surface area contributed by atoms with E-state index < -0.39 is 38.6 Å². The van der Waals surface area contributed by atoms with Gasteiger partial charge in [0.05, 0.1) is 19.3 Å². The third-order valence-electron chi connectivity index (χ3n) is 9.12. The van der Waals surface area contributed by atoms with Crippen molar-refractivity contribution in [2.75, 3.05) is 26.4 Å². The summed E-state index contributed by atoms with van der Waals surface area (Å²) in [7, 11) is -4.43. The minimum absolute atomic E-state index is 0.0199. The summed E-state index contributed by atoms with van der Waals surface area (Å²) in [6.45, 7) is 3.34. The molecule has 0 saturated heterocycles. The number of aliphatic hydroxyl groups excluding tert-OH is 1. The smallest absolute Gasteiger partial charge is 0.462 e. The third-order valence-corrected chi connectivity index (χ3v) is 10.1. The number of phosphoric ester groups is 1. The number of carbonyl (C=O) groups is 3. The molecular formula is C43H72NO10P. The van der Waals surface area contributed by atoms with E-state index in [1.165, 1.54) is 19.3 Å². The Morgan fingerprint density at radius 2 is 1.45 bits per heavy atom. The normalized spacial score (nSPS) is 18.2. The van der Waals surface area contributed by atoms with Crippen LogP contribution in [0.2, 0.25) is 0 Å². The third kappa shape index (κ3) is 28.4. The van der Waals surface area contributed by atoms with Gasteiger partial charge in [-0.1, -0.05) is 120 Å². The average molecular weight is 794 g/mol. The highest BCUT2D eigenvalue weighted by molar-refractivity contribution is 7.47. The van der Waals surface area contributed by atoms with Crippen molar-refractivity contribution >= 4 is 25.5 Å². The van der Waals surface area contributed by atoms with Crippen LogP contribution in [-0.2, 0) is 37.5 Å². The second-order valence-corrected chi connectivity index (χ2v) is 15.6. The monoisotopic (exact) mass is 793 g/mol. The number of esters is 2. The molecule has 12 heteroatoms. The van der Waals surface area contributed by atoms with Crippen LogP contribution in [0, 0.1) is 11.8 Å². The molecular weight excluding hydrogens is 721 g/mol. The van der Waals surface area contributed by atoms with Crippen molar-refractivity contribution in [2.24, 2.45) is 17.6 Å². The highest BCUT2D eigenvalue weighted by Crippen LogP contribution is 2.43. The molecule has 55 heavy (non-hydrogen) atoms. The van der Waals surface area contributed by atoms with Crippen LogP contribution < -0.4 is 5.73 Å². The van der Waals surface area contributed by atoms with Gasteiger partial charge in [0.15, 0.2) is 11.9 Å². The number of unbranched alkanes of at least 4 members (excludes halogenated alkanes) is 11. The van der Waals surface area contributed by atoms with E-state index in [-0.39, 0.29) is 50.2 Å². The standard InChI is InChI=1S/C43H72NO10P/c1-3-5-7-8-9-10-11-12-13-14-15-16-17-18-24-28-43(48)54-39(36-53-55(49,50)52-34-33-44)35-51-42(47)27-23-20-19-22-25-37-29-32-41(46)40(37)31-30-38(45)26-21-6-4-2/h9-10,12-13,19,22,29-32,37-40,45H,3-8,11,14-18,20-21,23-28,33-36,44H2,1-2H3,(H,49,50)/b10-9-,13-12-,22-19-,31-30+/t37-,38-,39+,40+/m0/s1. The molecule has 0 aliphatic heterocycles. The van der Waals surface area contributed by atoms with Crippen LogP contribution in [0.3, 0.4) is 0 Å². The first-order chi connectivity index (χ1) is 26.6. The number of carbonyl (C=O) groups excluding carboxylic acids is 3. The van der Waals surface area contributed by atoms with Gasteiger partial charge in [0.1, 0.15) is 6.61 Å². The molecule has 0 saturated carbocycles. The van der Waals surface area contributed by atoms with Crippen LogP contribution in [0.1, 0.15) is 142 Å². The maximum atomic E-state index is 12.6. The lowest BCUT2D eigenvalue weighted by molar-refractivity contribution is -0.161. The zero-order chi connectivity index (χ0) is 40.4. The van der Waals surface area contributed by atoms with Gasteiger partial charge in [-0.3, -0.25) is 23.4 Å². The summed E-state index contributed by atoms with van der Waals surface area (Å²) in [6.07, 6.45) is 35.9. The summed E-state index contributed by atoms with van der Waals surface area (Å²) in [5, 5.41) is 10.2. The van der Waals surface area contributed by atoms with Crippen LogP contribution >= 0.6 is 7.82 Å². The molecule has 0 radical (unpaired) electrons. The lowest BCUT2D eigenvalue weighted by Crippen LogP contribution is -2.29. The molecule has 314 valence electrons. The molecule has 1 aliphatic rings. The number of hydrogen-bond donors (Lipinski definition) is 3. The number of rotatable bonds is 35. The Hall–Kier alpha value is -2.66. The molecule has 1 unspecified atom stereocenters. The van der Waals surface area contributed by atoms with Gasteiger partial charge in [0.25, 0.3) is 0 Å². The Morgan fingerprint density at radius 3 is 2.18 bits per heavy atom. The van der Waals surface area contributed by atoms with Crippen LogP contribution in [0.4, 0.5) is 0 Å². The van der Waals surface area contributed by atoms with Crippen molar-refractivity contribution in [3.8, 4) is 0 Å². The summed E-state index contributed by atoms with van der Waals surface area (Å²) in [5.74, 6) is -1.21. The van der Waals surface area contributed by atoms with E-state index in [1.54, 1.807) is 12.2 Å². The zero-order valence-corrected chi connectivity index (χ0v) is 34.6. The van der Waals surface area contributed by atoms with Crippen molar-refractivity contribution in [3.05, 3.63) is 60.8 Å². The predicted octanol–water partition coefficient (Wildman–Crippen LogP) is 9.33. The van der Waals surface area contributed by atoms with Crippen LogP contribution in [-0.4, -0.2) is 66.3 Å². The molecule has 4 N–H and O–H groups in total. The Morgan fingerprint density at radius 1 is 0.818 bits per heavy atom.